The van der Waals surface area contributed by atoms with Crippen molar-refractivity contribution in [3.63, 3.8) is 0 Å². The average Bonchev–Trinajstić information content (AvgIpc) is 3.17. The summed E-state index contributed by atoms with van der Waals surface area (Å²) in [7, 11) is 0. The van der Waals surface area contributed by atoms with E-state index >= 15 is 0 Å². The molecule has 4 aliphatic rings. The summed E-state index contributed by atoms with van der Waals surface area (Å²) in [6.45, 7) is 23.3. The molecule has 0 radical (unpaired) electrons. The van der Waals surface area contributed by atoms with Crippen LogP contribution in [-0.2, 0) is 14.3 Å². The fraction of sp³-hybridized carbons (Fsp3) is 0.912. The van der Waals surface area contributed by atoms with Crippen LogP contribution in [-0.4, -0.2) is 35.5 Å². The molecule has 0 spiro atoms. The molecular formula is C34H58O4. The molecule has 0 saturated heterocycles. The fourth-order valence-electron chi connectivity index (χ4n) is 11.1. The van der Waals surface area contributed by atoms with E-state index in [0.29, 0.717) is 17.9 Å². The van der Waals surface area contributed by atoms with Gasteiger partial charge in [-0.1, -0.05) is 46.3 Å². The standard InChI is InChI=1S/C34H58O4/c1-11-37-28-16-18-31(7)26(30(28,5)6)15-20-32(8)27(31)21-25(38-23(4)35)29-24(14-19-33(29,32)9)34(10,36)17-12-13-22(2)3/h13,24-29,36H,11-12,14-21H2,1-10H3/t24?,25?,26?,27?,28-,29?,31?,32?,33?,34?/m0/s1. The summed E-state index contributed by atoms with van der Waals surface area (Å²) < 4.78 is 12.6. The molecule has 10 atom stereocenters. The van der Waals surface area contributed by atoms with Crippen molar-refractivity contribution in [3.05, 3.63) is 11.6 Å². The Balaban J connectivity index is 1.72. The first kappa shape index (κ1) is 30.1. The van der Waals surface area contributed by atoms with E-state index in [0.717, 1.165) is 45.1 Å². The zero-order chi connectivity index (χ0) is 28.3. The third-order valence-electron chi connectivity index (χ3n) is 13.0. The molecule has 0 aliphatic heterocycles. The van der Waals surface area contributed by atoms with Crippen molar-refractivity contribution in [2.75, 3.05) is 6.61 Å². The lowest BCUT2D eigenvalue weighted by molar-refractivity contribution is -0.253. The van der Waals surface area contributed by atoms with Gasteiger partial charge in [-0.25, -0.2) is 0 Å². The average molecular weight is 531 g/mol. The van der Waals surface area contributed by atoms with E-state index in [1.807, 2.05) is 0 Å². The number of carbonyl (C=O) groups is 1. The lowest BCUT2D eigenvalue weighted by Crippen LogP contribution is -2.67. The van der Waals surface area contributed by atoms with Gasteiger partial charge in [-0.3, -0.25) is 4.79 Å². The van der Waals surface area contributed by atoms with Crippen molar-refractivity contribution >= 4 is 5.97 Å². The largest absolute Gasteiger partial charge is 0.462 e. The van der Waals surface area contributed by atoms with Crippen LogP contribution >= 0.6 is 0 Å². The predicted molar refractivity (Wildman–Crippen MR) is 155 cm³/mol. The fourth-order valence-corrected chi connectivity index (χ4v) is 11.1. The van der Waals surface area contributed by atoms with E-state index in [1.165, 1.54) is 24.8 Å². The van der Waals surface area contributed by atoms with Gasteiger partial charge < -0.3 is 14.6 Å². The summed E-state index contributed by atoms with van der Waals surface area (Å²) in [5.74, 6) is 1.27. The Hall–Kier alpha value is -0.870. The normalized spacial score (nSPS) is 45.2. The number of carbonyl (C=O) groups excluding carboxylic acids is 1. The van der Waals surface area contributed by atoms with E-state index in [-0.39, 0.29) is 45.6 Å². The Bertz CT molecular complexity index is 915. The molecule has 0 aromatic heterocycles. The van der Waals surface area contributed by atoms with Crippen molar-refractivity contribution in [2.45, 2.75) is 145 Å². The van der Waals surface area contributed by atoms with Gasteiger partial charge in [0, 0.05) is 19.4 Å². The molecule has 38 heavy (non-hydrogen) atoms. The van der Waals surface area contributed by atoms with Crippen LogP contribution in [0.15, 0.2) is 11.6 Å². The van der Waals surface area contributed by atoms with Crippen molar-refractivity contribution < 1.29 is 19.4 Å². The predicted octanol–water partition coefficient (Wildman–Crippen LogP) is 8.12. The Morgan fingerprint density at radius 2 is 1.63 bits per heavy atom. The first-order chi connectivity index (χ1) is 17.5. The number of hydrogen-bond donors (Lipinski definition) is 1. The molecule has 0 aromatic carbocycles. The lowest BCUT2D eigenvalue weighted by atomic mass is 9.35. The Labute approximate surface area is 233 Å². The monoisotopic (exact) mass is 530 g/mol. The number of fused-ring (bicyclic) bond motifs is 5. The van der Waals surface area contributed by atoms with Gasteiger partial charge in [0.15, 0.2) is 0 Å². The number of aliphatic hydroxyl groups is 1. The number of hydrogen-bond acceptors (Lipinski definition) is 4. The quantitative estimate of drug-likeness (QED) is 0.267. The van der Waals surface area contributed by atoms with E-state index in [2.05, 4.69) is 68.4 Å². The van der Waals surface area contributed by atoms with E-state index in [4.69, 9.17) is 9.47 Å². The molecule has 218 valence electrons. The van der Waals surface area contributed by atoms with Gasteiger partial charge >= 0.3 is 5.97 Å². The number of rotatable bonds is 7. The molecule has 4 fully saturated rings. The highest BCUT2D eigenvalue weighted by molar-refractivity contribution is 5.66. The molecule has 4 saturated carbocycles. The molecule has 0 aromatic rings. The molecule has 9 unspecified atom stereocenters. The van der Waals surface area contributed by atoms with Gasteiger partial charge in [-0.2, -0.15) is 0 Å². The minimum atomic E-state index is -0.769. The first-order valence-corrected chi connectivity index (χ1v) is 15.7. The molecule has 0 bridgehead atoms. The lowest BCUT2D eigenvalue weighted by Gasteiger charge is -2.70. The summed E-state index contributed by atoms with van der Waals surface area (Å²) in [4.78, 5) is 12.5. The number of ether oxygens (including phenoxy) is 2. The van der Waals surface area contributed by atoms with Crippen LogP contribution in [0.4, 0.5) is 0 Å². The van der Waals surface area contributed by atoms with Crippen LogP contribution in [0.5, 0.6) is 0 Å². The summed E-state index contributed by atoms with van der Waals surface area (Å²) in [6, 6.07) is 0. The van der Waals surface area contributed by atoms with Crippen molar-refractivity contribution in [3.8, 4) is 0 Å². The molecule has 0 heterocycles. The van der Waals surface area contributed by atoms with Gasteiger partial charge in [0.25, 0.3) is 0 Å². The molecule has 4 nitrogen and oxygen atoms in total. The number of esters is 1. The molecule has 4 heteroatoms. The molecule has 4 rings (SSSR count). The van der Waals surface area contributed by atoms with Crippen LogP contribution in [0.3, 0.4) is 0 Å². The smallest absolute Gasteiger partial charge is 0.302 e. The van der Waals surface area contributed by atoms with Crippen LogP contribution < -0.4 is 0 Å². The van der Waals surface area contributed by atoms with Crippen LogP contribution in [0.25, 0.3) is 0 Å². The zero-order valence-electron chi connectivity index (χ0n) is 26.3. The van der Waals surface area contributed by atoms with Gasteiger partial charge in [0.2, 0.25) is 0 Å². The first-order valence-electron chi connectivity index (χ1n) is 15.7. The zero-order valence-corrected chi connectivity index (χ0v) is 26.3. The maximum Gasteiger partial charge on any atom is 0.302 e. The Morgan fingerprint density at radius 1 is 0.974 bits per heavy atom. The topological polar surface area (TPSA) is 55.8 Å². The Kier molecular flexibility index (Phi) is 8.08. The summed E-state index contributed by atoms with van der Waals surface area (Å²) >= 11 is 0. The SMILES string of the molecule is CCO[C@H]1CCC2(C)C(CCC3(C)C2CC(OC(C)=O)C2C(C(C)(O)CCC=C(C)C)CCC23C)C1(C)C. The summed E-state index contributed by atoms with van der Waals surface area (Å²) in [5.41, 5.74) is 1.06. The van der Waals surface area contributed by atoms with Crippen molar-refractivity contribution in [1.29, 1.82) is 0 Å². The second kappa shape index (κ2) is 10.2. The van der Waals surface area contributed by atoms with E-state index in [1.54, 1.807) is 6.92 Å². The molecule has 4 aliphatic carbocycles. The van der Waals surface area contributed by atoms with Crippen molar-refractivity contribution in [1.82, 2.24) is 0 Å². The second-order valence-electron chi connectivity index (χ2n) is 15.5. The van der Waals surface area contributed by atoms with Gasteiger partial charge in [0.1, 0.15) is 6.10 Å². The second-order valence-corrected chi connectivity index (χ2v) is 15.5. The van der Waals surface area contributed by atoms with E-state index < -0.39 is 5.60 Å². The van der Waals surface area contributed by atoms with Gasteiger partial charge in [-0.15, -0.1) is 0 Å². The third-order valence-corrected chi connectivity index (χ3v) is 13.0. The van der Waals surface area contributed by atoms with Crippen molar-refractivity contribution in [2.24, 2.45) is 45.3 Å². The Morgan fingerprint density at radius 3 is 2.24 bits per heavy atom. The highest BCUT2D eigenvalue weighted by atomic mass is 16.5. The van der Waals surface area contributed by atoms with Crippen LogP contribution in [0, 0.1) is 45.3 Å². The molecule has 0 amide bonds. The van der Waals surface area contributed by atoms with Crippen LogP contribution in [0.1, 0.15) is 127 Å². The maximum absolute atomic E-state index is 12.5. The maximum atomic E-state index is 12.5. The van der Waals surface area contributed by atoms with Gasteiger partial charge in [0.05, 0.1) is 11.7 Å². The highest BCUT2D eigenvalue weighted by Gasteiger charge is 2.72. The minimum absolute atomic E-state index is 0.0378. The summed E-state index contributed by atoms with van der Waals surface area (Å²) in [6.07, 6.45) is 11.9. The highest BCUT2D eigenvalue weighted by Crippen LogP contribution is 2.76. The van der Waals surface area contributed by atoms with Crippen LogP contribution in [0.2, 0.25) is 0 Å². The molecular weight excluding hydrogens is 472 g/mol. The molecule has 1 N–H and O–H groups in total. The number of allylic oxidation sites excluding steroid dienone is 2. The minimum Gasteiger partial charge on any atom is -0.462 e. The van der Waals surface area contributed by atoms with E-state index in [9.17, 15) is 9.90 Å². The summed E-state index contributed by atoms with van der Waals surface area (Å²) in [5, 5.41) is 11.9. The van der Waals surface area contributed by atoms with Gasteiger partial charge in [-0.05, 0) is 125 Å². The third kappa shape index (κ3) is 4.62.